The van der Waals surface area contributed by atoms with Crippen molar-refractivity contribution in [3.05, 3.63) is 33.4 Å². The number of hydrogen-bond donors (Lipinski definition) is 1. The number of carbonyl (C=O) groups excluding carboxylic acids is 2. The second kappa shape index (κ2) is 6.21. The van der Waals surface area contributed by atoms with Crippen LogP contribution in [-0.4, -0.2) is 16.6 Å². The summed E-state index contributed by atoms with van der Waals surface area (Å²) in [4.78, 5) is 32.3. The fourth-order valence-corrected chi connectivity index (χ4v) is 1.52. The van der Waals surface area contributed by atoms with Crippen LogP contribution >= 0.6 is 0 Å². The number of rotatable bonds is 4. The maximum atomic E-state index is 12.8. The molecule has 22 heavy (non-hydrogen) atoms. The SMILES string of the molecule is CCC(=O)C(=O)Nc1cc(C(F)(F)F)c(C#N)cc1[N+](=O)[O-]. The monoisotopic (exact) mass is 315 g/mol. The Morgan fingerprint density at radius 3 is 2.41 bits per heavy atom. The first-order valence-corrected chi connectivity index (χ1v) is 5.75. The number of anilines is 1. The molecule has 0 aromatic heterocycles. The fraction of sp³-hybridized carbons (Fsp3) is 0.250. The van der Waals surface area contributed by atoms with E-state index in [0.717, 1.165) is 0 Å². The van der Waals surface area contributed by atoms with Crippen molar-refractivity contribution < 1.29 is 27.7 Å². The molecule has 0 aliphatic carbocycles. The molecule has 1 N–H and O–H groups in total. The van der Waals surface area contributed by atoms with E-state index in [-0.39, 0.29) is 12.5 Å². The molecule has 7 nitrogen and oxygen atoms in total. The van der Waals surface area contributed by atoms with Gasteiger partial charge in [-0.15, -0.1) is 0 Å². The standard InChI is InChI=1S/C12H8F3N3O4/c1-2-10(19)11(20)17-8-4-7(12(13,14)15)6(5-16)3-9(8)18(21)22/h3-4H,2H2,1H3,(H,17,20). The molecule has 1 aromatic carbocycles. The van der Waals surface area contributed by atoms with Gasteiger partial charge in [0.1, 0.15) is 11.8 Å². The Hall–Kier alpha value is -2.96. The van der Waals surface area contributed by atoms with Gasteiger partial charge in [-0.2, -0.15) is 18.4 Å². The van der Waals surface area contributed by atoms with Crippen molar-refractivity contribution in [2.75, 3.05) is 5.32 Å². The summed E-state index contributed by atoms with van der Waals surface area (Å²) in [6.45, 7) is 1.34. The summed E-state index contributed by atoms with van der Waals surface area (Å²) >= 11 is 0. The molecule has 1 amide bonds. The fourth-order valence-electron chi connectivity index (χ4n) is 1.52. The second-order valence-corrected chi connectivity index (χ2v) is 4.01. The van der Waals surface area contributed by atoms with E-state index in [0.29, 0.717) is 6.07 Å². The number of nitriles is 1. The number of benzene rings is 1. The Labute approximate surface area is 121 Å². The minimum absolute atomic E-state index is 0.220. The first-order valence-electron chi connectivity index (χ1n) is 5.75. The number of nitrogens with zero attached hydrogens (tertiary/aromatic N) is 2. The number of alkyl halides is 3. The average molecular weight is 315 g/mol. The molecule has 1 aromatic rings. The van der Waals surface area contributed by atoms with Crippen LogP contribution in [0.2, 0.25) is 0 Å². The van der Waals surface area contributed by atoms with Gasteiger partial charge in [0.25, 0.3) is 11.6 Å². The van der Waals surface area contributed by atoms with Crippen LogP contribution in [0.3, 0.4) is 0 Å². The molecular formula is C12H8F3N3O4. The van der Waals surface area contributed by atoms with Crippen molar-refractivity contribution in [3.63, 3.8) is 0 Å². The van der Waals surface area contributed by atoms with E-state index in [1.54, 1.807) is 5.32 Å². The molecule has 0 aliphatic heterocycles. The van der Waals surface area contributed by atoms with Crippen LogP contribution in [0.25, 0.3) is 0 Å². The maximum Gasteiger partial charge on any atom is 0.417 e. The number of hydrogen-bond acceptors (Lipinski definition) is 5. The molecule has 0 spiro atoms. The van der Waals surface area contributed by atoms with Crippen LogP contribution in [-0.2, 0) is 15.8 Å². The van der Waals surface area contributed by atoms with Gasteiger partial charge in [0.15, 0.2) is 0 Å². The summed E-state index contributed by atoms with van der Waals surface area (Å²) in [6.07, 6.45) is -5.17. The van der Waals surface area contributed by atoms with Gasteiger partial charge >= 0.3 is 6.18 Å². The summed E-state index contributed by atoms with van der Waals surface area (Å²) in [5.74, 6) is -2.23. The Morgan fingerprint density at radius 2 is 2.00 bits per heavy atom. The highest BCUT2D eigenvalue weighted by Crippen LogP contribution is 2.37. The van der Waals surface area contributed by atoms with Crippen LogP contribution in [0.4, 0.5) is 24.5 Å². The van der Waals surface area contributed by atoms with Crippen LogP contribution in [0.5, 0.6) is 0 Å². The van der Waals surface area contributed by atoms with Crippen LogP contribution in [0.15, 0.2) is 12.1 Å². The molecule has 0 radical (unpaired) electrons. The largest absolute Gasteiger partial charge is 0.417 e. The number of nitrogens with one attached hydrogen (secondary N) is 1. The van der Waals surface area contributed by atoms with Crippen molar-refractivity contribution in [1.82, 2.24) is 0 Å². The minimum atomic E-state index is -4.95. The zero-order valence-electron chi connectivity index (χ0n) is 11.0. The number of Topliss-reactive ketones (excluding diaryl/α,β-unsaturated/α-hetero) is 1. The lowest BCUT2D eigenvalue weighted by molar-refractivity contribution is -0.384. The third-order valence-corrected chi connectivity index (χ3v) is 2.58. The van der Waals surface area contributed by atoms with E-state index in [4.69, 9.17) is 5.26 Å². The van der Waals surface area contributed by atoms with E-state index >= 15 is 0 Å². The number of nitro groups is 1. The molecule has 0 bridgehead atoms. The topological polar surface area (TPSA) is 113 Å². The lowest BCUT2D eigenvalue weighted by Gasteiger charge is -2.12. The summed E-state index contributed by atoms with van der Waals surface area (Å²) in [7, 11) is 0. The van der Waals surface area contributed by atoms with Gasteiger partial charge in [0, 0.05) is 12.5 Å². The minimum Gasteiger partial charge on any atom is -0.314 e. The van der Waals surface area contributed by atoms with Gasteiger partial charge < -0.3 is 5.32 Å². The second-order valence-electron chi connectivity index (χ2n) is 4.01. The molecule has 0 fully saturated rings. The van der Waals surface area contributed by atoms with E-state index in [2.05, 4.69) is 0 Å². The van der Waals surface area contributed by atoms with Crippen LogP contribution < -0.4 is 5.32 Å². The molecule has 116 valence electrons. The number of halogens is 3. The lowest BCUT2D eigenvalue weighted by atomic mass is 10.1. The molecule has 10 heteroatoms. The number of ketones is 1. The quantitative estimate of drug-likeness (QED) is 0.520. The molecule has 0 aliphatic rings. The summed E-state index contributed by atoms with van der Waals surface area (Å²) < 4.78 is 38.4. The van der Waals surface area contributed by atoms with Gasteiger partial charge in [0.2, 0.25) is 5.78 Å². The van der Waals surface area contributed by atoms with Gasteiger partial charge in [-0.3, -0.25) is 19.7 Å². The predicted molar refractivity (Wildman–Crippen MR) is 66.7 cm³/mol. The molecule has 0 atom stereocenters. The average Bonchev–Trinajstić information content (AvgIpc) is 2.44. The Kier molecular flexibility index (Phi) is 4.83. The summed E-state index contributed by atoms with van der Waals surface area (Å²) in [6, 6.07) is 1.87. The Balaban J connectivity index is 3.48. The van der Waals surface area contributed by atoms with E-state index in [1.807, 2.05) is 0 Å². The van der Waals surface area contributed by atoms with Crippen molar-refractivity contribution in [1.29, 1.82) is 5.26 Å². The van der Waals surface area contributed by atoms with Crippen molar-refractivity contribution >= 4 is 23.1 Å². The number of nitro benzene ring substituents is 1. The normalized spacial score (nSPS) is 10.7. The highest BCUT2D eigenvalue weighted by Gasteiger charge is 2.36. The van der Waals surface area contributed by atoms with E-state index in [1.165, 1.54) is 13.0 Å². The van der Waals surface area contributed by atoms with Gasteiger partial charge in [0.05, 0.1) is 16.1 Å². The van der Waals surface area contributed by atoms with Crippen molar-refractivity contribution in [3.8, 4) is 6.07 Å². The van der Waals surface area contributed by atoms with E-state index in [9.17, 15) is 32.9 Å². The molecule has 0 saturated heterocycles. The zero-order chi connectivity index (χ0) is 17.1. The van der Waals surface area contributed by atoms with Crippen LogP contribution in [0, 0.1) is 21.4 Å². The smallest absolute Gasteiger partial charge is 0.314 e. The Bertz CT molecular complexity index is 692. The zero-order valence-corrected chi connectivity index (χ0v) is 11.0. The van der Waals surface area contributed by atoms with Gasteiger partial charge in [-0.1, -0.05) is 6.92 Å². The van der Waals surface area contributed by atoms with Gasteiger partial charge in [-0.25, -0.2) is 0 Å². The van der Waals surface area contributed by atoms with Crippen molar-refractivity contribution in [2.24, 2.45) is 0 Å². The van der Waals surface area contributed by atoms with Crippen LogP contribution in [0.1, 0.15) is 24.5 Å². The van der Waals surface area contributed by atoms with E-state index < -0.39 is 45.3 Å². The molecule has 1 rings (SSSR count). The first-order chi connectivity index (χ1) is 10.1. The van der Waals surface area contributed by atoms with Crippen molar-refractivity contribution in [2.45, 2.75) is 19.5 Å². The van der Waals surface area contributed by atoms with Gasteiger partial charge in [-0.05, 0) is 6.07 Å². The first kappa shape index (κ1) is 17.1. The molecule has 0 saturated carbocycles. The molecule has 0 unspecified atom stereocenters. The number of amides is 1. The highest BCUT2D eigenvalue weighted by molar-refractivity contribution is 6.40. The number of carbonyl (C=O) groups is 2. The summed E-state index contributed by atoms with van der Waals surface area (Å²) in [5, 5.41) is 21.3. The molecule has 0 heterocycles. The molecular weight excluding hydrogens is 307 g/mol. The maximum absolute atomic E-state index is 12.8. The Morgan fingerprint density at radius 1 is 1.41 bits per heavy atom. The summed E-state index contributed by atoms with van der Waals surface area (Å²) in [5.41, 5.74) is -4.12. The third kappa shape index (κ3) is 3.57. The lowest BCUT2D eigenvalue weighted by Crippen LogP contribution is -2.23. The third-order valence-electron chi connectivity index (χ3n) is 2.58. The highest BCUT2D eigenvalue weighted by atomic mass is 19.4. The predicted octanol–water partition coefficient (Wildman–Crippen LogP) is 2.40.